The Labute approximate surface area is 172 Å². The first kappa shape index (κ1) is 20.5. The van der Waals surface area contributed by atoms with Crippen molar-refractivity contribution < 1.29 is 26.8 Å². The molecule has 30 heavy (non-hydrogen) atoms. The van der Waals surface area contributed by atoms with E-state index >= 15 is 0 Å². The second kappa shape index (κ2) is 7.79. The van der Waals surface area contributed by atoms with Crippen molar-refractivity contribution in [2.24, 2.45) is 5.92 Å². The average molecular weight is 434 g/mol. The van der Waals surface area contributed by atoms with Gasteiger partial charge in [-0.2, -0.15) is 0 Å². The maximum absolute atomic E-state index is 13.6. The summed E-state index contributed by atoms with van der Waals surface area (Å²) in [6.45, 7) is 0.541. The molecule has 2 amide bonds. The van der Waals surface area contributed by atoms with Crippen LogP contribution in [0.3, 0.4) is 0 Å². The Bertz CT molecular complexity index is 1130. The van der Waals surface area contributed by atoms with Crippen molar-refractivity contribution >= 4 is 33.0 Å². The van der Waals surface area contributed by atoms with E-state index in [1.165, 1.54) is 6.07 Å². The van der Waals surface area contributed by atoms with Crippen LogP contribution in [0.2, 0.25) is 0 Å². The van der Waals surface area contributed by atoms with Crippen LogP contribution >= 0.6 is 0 Å². The first-order valence-corrected chi connectivity index (χ1v) is 11.3. The summed E-state index contributed by atoms with van der Waals surface area (Å²) in [4.78, 5) is 26.2. The lowest BCUT2D eigenvalue weighted by atomic mass is 10.2. The molecular weight excluding hydrogens is 414 g/mol. The molecule has 0 radical (unpaired) electrons. The van der Waals surface area contributed by atoms with Gasteiger partial charge in [-0.05, 0) is 55.2 Å². The SMILES string of the molecule is O=C(CCS(=O)(=O)c1ccc2c(c1)CCN2C(=O)C1CC1)Nc1ccc(F)cc1F. The zero-order chi connectivity index (χ0) is 21.5. The second-order valence-corrected chi connectivity index (χ2v) is 9.66. The summed E-state index contributed by atoms with van der Waals surface area (Å²) < 4.78 is 51.8. The number of hydrogen-bond acceptors (Lipinski definition) is 4. The lowest BCUT2D eigenvalue weighted by Crippen LogP contribution is -2.30. The molecule has 2 aromatic carbocycles. The third-order valence-electron chi connectivity index (χ3n) is 5.30. The third kappa shape index (κ3) is 4.21. The van der Waals surface area contributed by atoms with Crippen molar-refractivity contribution in [3.63, 3.8) is 0 Å². The molecule has 2 aromatic rings. The highest BCUT2D eigenvalue weighted by Gasteiger charge is 2.36. The van der Waals surface area contributed by atoms with Crippen molar-refractivity contribution in [1.82, 2.24) is 0 Å². The minimum atomic E-state index is -3.75. The van der Waals surface area contributed by atoms with Crippen LogP contribution in [0.1, 0.15) is 24.8 Å². The van der Waals surface area contributed by atoms with E-state index in [4.69, 9.17) is 0 Å². The van der Waals surface area contributed by atoms with E-state index in [1.807, 2.05) is 0 Å². The van der Waals surface area contributed by atoms with Gasteiger partial charge in [0.25, 0.3) is 0 Å². The first-order valence-electron chi connectivity index (χ1n) is 9.66. The Morgan fingerprint density at radius 2 is 1.87 bits per heavy atom. The van der Waals surface area contributed by atoms with Crippen LogP contribution in [0.4, 0.5) is 20.2 Å². The maximum atomic E-state index is 13.6. The standard InChI is InChI=1S/C21H20F2N2O4S/c22-15-3-5-18(17(23)12-15)24-20(26)8-10-30(28,29)16-4-6-19-14(11-16)7-9-25(19)21(27)13-1-2-13/h3-6,11-13H,1-2,7-10H2,(H,24,26). The lowest BCUT2D eigenvalue weighted by Gasteiger charge is -2.17. The number of sulfone groups is 1. The number of nitrogens with zero attached hydrogens (tertiary/aromatic N) is 1. The quantitative estimate of drug-likeness (QED) is 0.758. The highest BCUT2D eigenvalue weighted by molar-refractivity contribution is 7.91. The van der Waals surface area contributed by atoms with Gasteiger partial charge in [-0.3, -0.25) is 9.59 Å². The van der Waals surface area contributed by atoms with Crippen molar-refractivity contribution in [2.75, 3.05) is 22.5 Å². The largest absolute Gasteiger partial charge is 0.324 e. The van der Waals surface area contributed by atoms with E-state index in [0.29, 0.717) is 19.0 Å². The topological polar surface area (TPSA) is 83.6 Å². The van der Waals surface area contributed by atoms with Gasteiger partial charge in [0.15, 0.2) is 9.84 Å². The van der Waals surface area contributed by atoms with Gasteiger partial charge >= 0.3 is 0 Å². The summed E-state index contributed by atoms with van der Waals surface area (Å²) in [6.07, 6.45) is 2.02. The Balaban J connectivity index is 1.41. The minimum Gasteiger partial charge on any atom is -0.324 e. The molecule has 2 aliphatic rings. The van der Waals surface area contributed by atoms with Crippen LogP contribution in [0, 0.1) is 17.6 Å². The van der Waals surface area contributed by atoms with E-state index < -0.39 is 33.1 Å². The molecule has 0 aromatic heterocycles. The number of anilines is 2. The summed E-state index contributed by atoms with van der Waals surface area (Å²) in [5, 5.41) is 2.25. The van der Waals surface area contributed by atoms with Crippen LogP contribution in [0.15, 0.2) is 41.3 Å². The average Bonchev–Trinajstić information content (AvgIpc) is 3.47. The molecule has 158 valence electrons. The summed E-state index contributed by atoms with van der Waals surface area (Å²) in [7, 11) is -3.75. The zero-order valence-corrected chi connectivity index (χ0v) is 16.8. The zero-order valence-electron chi connectivity index (χ0n) is 16.0. The first-order chi connectivity index (χ1) is 14.2. The summed E-state index contributed by atoms with van der Waals surface area (Å²) in [6, 6.07) is 7.35. The van der Waals surface area contributed by atoms with Gasteiger partial charge in [-0.15, -0.1) is 0 Å². The molecule has 0 spiro atoms. The molecule has 0 bridgehead atoms. The highest BCUT2D eigenvalue weighted by Crippen LogP contribution is 2.37. The molecule has 6 nitrogen and oxygen atoms in total. The number of nitrogens with one attached hydrogen (secondary N) is 1. The number of hydrogen-bond donors (Lipinski definition) is 1. The van der Waals surface area contributed by atoms with Crippen LogP contribution in [0.5, 0.6) is 0 Å². The van der Waals surface area contributed by atoms with E-state index in [-0.39, 0.29) is 28.8 Å². The molecule has 1 fully saturated rings. The molecular formula is C21H20F2N2O4S. The normalized spacial score (nSPS) is 15.7. The predicted molar refractivity (Wildman–Crippen MR) is 107 cm³/mol. The molecule has 0 unspecified atom stereocenters. The number of amides is 2. The molecule has 1 aliphatic carbocycles. The van der Waals surface area contributed by atoms with Gasteiger partial charge in [0.2, 0.25) is 11.8 Å². The minimum absolute atomic E-state index is 0.0859. The Hall–Kier alpha value is -2.81. The molecule has 1 saturated carbocycles. The van der Waals surface area contributed by atoms with Crippen LogP contribution in [-0.4, -0.2) is 32.5 Å². The predicted octanol–water partition coefficient (Wildman–Crippen LogP) is 3.07. The van der Waals surface area contributed by atoms with E-state index in [1.54, 1.807) is 17.0 Å². The van der Waals surface area contributed by atoms with Crippen LogP contribution in [0.25, 0.3) is 0 Å². The molecule has 9 heteroatoms. The van der Waals surface area contributed by atoms with Gasteiger partial charge < -0.3 is 10.2 Å². The van der Waals surface area contributed by atoms with Crippen molar-refractivity contribution in [1.29, 1.82) is 0 Å². The number of carbonyl (C=O) groups is 2. The molecule has 1 aliphatic heterocycles. The van der Waals surface area contributed by atoms with Crippen molar-refractivity contribution in [3.8, 4) is 0 Å². The molecule has 1 N–H and O–H groups in total. The van der Waals surface area contributed by atoms with E-state index in [2.05, 4.69) is 5.32 Å². The lowest BCUT2D eigenvalue weighted by molar-refractivity contribution is -0.119. The second-order valence-electron chi connectivity index (χ2n) is 7.55. The van der Waals surface area contributed by atoms with E-state index in [0.717, 1.165) is 36.2 Å². The fourth-order valence-electron chi connectivity index (χ4n) is 3.50. The van der Waals surface area contributed by atoms with Gasteiger partial charge in [0.05, 0.1) is 16.3 Å². The van der Waals surface area contributed by atoms with Gasteiger partial charge in [-0.1, -0.05) is 0 Å². The van der Waals surface area contributed by atoms with Crippen molar-refractivity contribution in [2.45, 2.75) is 30.6 Å². The van der Waals surface area contributed by atoms with E-state index in [9.17, 15) is 26.8 Å². The monoisotopic (exact) mass is 434 g/mol. The fraction of sp³-hybridized carbons (Fsp3) is 0.333. The number of halogens is 2. The van der Waals surface area contributed by atoms with Crippen LogP contribution < -0.4 is 10.2 Å². The van der Waals surface area contributed by atoms with Gasteiger partial charge in [-0.25, -0.2) is 17.2 Å². The Morgan fingerprint density at radius 3 is 2.57 bits per heavy atom. The van der Waals surface area contributed by atoms with Crippen LogP contribution in [-0.2, 0) is 25.8 Å². The smallest absolute Gasteiger partial charge is 0.230 e. The summed E-state index contributed by atoms with van der Waals surface area (Å²) in [5.74, 6) is -2.67. The molecule has 4 rings (SSSR count). The summed E-state index contributed by atoms with van der Waals surface area (Å²) >= 11 is 0. The van der Waals surface area contributed by atoms with Gasteiger partial charge in [0.1, 0.15) is 11.6 Å². The summed E-state index contributed by atoms with van der Waals surface area (Å²) in [5.41, 5.74) is 1.33. The Morgan fingerprint density at radius 1 is 1.10 bits per heavy atom. The molecule has 0 atom stereocenters. The Kier molecular flexibility index (Phi) is 5.31. The molecule has 0 saturated heterocycles. The number of rotatable bonds is 6. The van der Waals surface area contributed by atoms with Crippen molar-refractivity contribution in [3.05, 3.63) is 53.6 Å². The maximum Gasteiger partial charge on any atom is 0.230 e. The number of benzene rings is 2. The third-order valence-corrected chi connectivity index (χ3v) is 7.02. The molecule has 1 heterocycles. The number of fused-ring (bicyclic) bond motifs is 1. The fourth-order valence-corrected chi connectivity index (χ4v) is 4.79. The number of carbonyl (C=O) groups excluding carboxylic acids is 2. The highest BCUT2D eigenvalue weighted by atomic mass is 32.2. The van der Waals surface area contributed by atoms with Gasteiger partial charge in [0, 0.05) is 30.6 Å².